The van der Waals surface area contributed by atoms with Gasteiger partial charge in [-0.1, -0.05) is 30.1 Å². The molecule has 1 aromatic carbocycles. The molecule has 0 spiro atoms. The third-order valence-corrected chi connectivity index (χ3v) is 3.09. The second-order valence-corrected chi connectivity index (χ2v) is 5.01. The minimum atomic E-state index is -1.22. The normalized spacial score (nSPS) is 14.7. The Morgan fingerprint density at radius 1 is 1.35 bits per heavy atom. The summed E-state index contributed by atoms with van der Waals surface area (Å²) in [5, 5.41) is 13.5. The zero-order chi connectivity index (χ0) is 13.1. The summed E-state index contributed by atoms with van der Waals surface area (Å²) in [6, 6.07) is 2.49. The molecule has 0 heterocycles. The van der Waals surface area contributed by atoms with Gasteiger partial charge in [0, 0.05) is 17.1 Å². The van der Waals surface area contributed by atoms with Crippen molar-refractivity contribution in [1.29, 1.82) is 0 Å². The van der Waals surface area contributed by atoms with Gasteiger partial charge in [-0.05, 0) is 32.0 Å². The second kappa shape index (κ2) is 6.01. The van der Waals surface area contributed by atoms with Crippen LogP contribution in [0, 0.1) is 5.82 Å². The van der Waals surface area contributed by atoms with Gasteiger partial charge in [0.15, 0.2) is 0 Å². The SMILES string of the molecule is CCCNCC(C)(O)c1cc(F)c(Cl)cc1Cl. The molecule has 0 bridgehead atoms. The van der Waals surface area contributed by atoms with Gasteiger partial charge in [-0.15, -0.1) is 0 Å². The highest BCUT2D eigenvalue weighted by Gasteiger charge is 2.26. The zero-order valence-corrected chi connectivity index (χ0v) is 11.4. The molecule has 0 aliphatic rings. The Morgan fingerprint density at radius 3 is 2.59 bits per heavy atom. The smallest absolute Gasteiger partial charge is 0.142 e. The quantitative estimate of drug-likeness (QED) is 0.640. The first-order valence-electron chi connectivity index (χ1n) is 5.46. The summed E-state index contributed by atoms with van der Waals surface area (Å²) in [5.74, 6) is -0.582. The predicted octanol–water partition coefficient (Wildman–Crippen LogP) is 3.34. The lowest BCUT2D eigenvalue weighted by Gasteiger charge is -2.25. The Bertz CT molecular complexity index is 396. The first kappa shape index (κ1) is 14.7. The van der Waals surface area contributed by atoms with E-state index in [1.807, 2.05) is 6.92 Å². The number of hydrogen-bond donors (Lipinski definition) is 2. The molecule has 1 atom stereocenters. The van der Waals surface area contributed by atoms with Gasteiger partial charge < -0.3 is 10.4 Å². The lowest BCUT2D eigenvalue weighted by Crippen LogP contribution is -2.36. The summed E-state index contributed by atoms with van der Waals surface area (Å²) in [6.45, 7) is 4.70. The topological polar surface area (TPSA) is 32.3 Å². The van der Waals surface area contributed by atoms with E-state index in [1.54, 1.807) is 6.92 Å². The standard InChI is InChI=1S/C12H16Cl2FNO/c1-3-4-16-7-12(2,17)8-5-11(15)10(14)6-9(8)13/h5-6,16-17H,3-4,7H2,1-2H3. The number of hydrogen-bond acceptors (Lipinski definition) is 2. The van der Waals surface area contributed by atoms with Crippen molar-refractivity contribution in [3.05, 3.63) is 33.6 Å². The monoisotopic (exact) mass is 279 g/mol. The van der Waals surface area contributed by atoms with Gasteiger partial charge in [-0.2, -0.15) is 0 Å². The molecule has 1 rings (SSSR count). The minimum Gasteiger partial charge on any atom is -0.384 e. The fourth-order valence-corrected chi connectivity index (χ4v) is 2.13. The molecule has 0 aliphatic heterocycles. The summed E-state index contributed by atoms with van der Waals surface area (Å²) < 4.78 is 13.4. The van der Waals surface area contributed by atoms with Crippen molar-refractivity contribution in [2.75, 3.05) is 13.1 Å². The molecule has 1 aromatic rings. The van der Waals surface area contributed by atoms with Crippen molar-refractivity contribution in [3.8, 4) is 0 Å². The molecule has 2 N–H and O–H groups in total. The van der Waals surface area contributed by atoms with Gasteiger partial charge in [0.05, 0.1) is 5.02 Å². The van der Waals surface area contributed by atoms with E-state index in [4.69, 9.17) is 23.2 Å². The number of benzene rings is 1. The Balaban J connectivity index is 2.93. The van der Waals surface area contributed by atoms with E-state index in [9.17, 15) is 9.50 Å². The van der Waals surface area contributed by atoms with E-state index < -0.39 is 11.4 Å². The van der Waals surface area contributed by atoms with E-state index >= 15 is 0 Å². The minimum absolute atomic E-state index is 0.0453. The molecule has 0 radical (unpaired) electrons. The molecule has 5 heteroatoms. The maximum atomic E-state index is 13.4. The number of halogens is 3. The Hall–Kier alpha value is -0.350. The van der Waals surface area contributed by atoms with E-state index in [2.05, 4.69) is 5.32 Å². The highest BCUT2D eigenvalue weighted by molar-refractivity contribution is 6.35. The number of rotatable bonds is 5. The van der Waals surface area contributed by atoms with E-state index in [-0.39, 0.29) is 10.0 Å². The third-order valence-electron chi connectivity index (χ3n) is 2.49. The molecule has 1 unspecified atom stereocenters. The first-order valence-corrected chi connectivity index (χ1v) is 6.22. The van der Waals surface area contributed by atoms with Crippen LogP contribution in [0.25, 0.3) is 0 Å². The van der Waals surface area contributed by atoms with Gasteiger partial charge in [0.2, 0.25) is 0 Å². The molecule has 0 fully saturated rings. The molecule has 0 saturated carbocycles. The van der Waals surface area contributed by atoms with Crippen LogP contribution in [-0.2, 0) is 5.60 Å². The summed E-state index contributed by atoms with van der Waals surface area (Å²) in [4.78, 5) is 0. The van der Waals surface area contributed by atoms with Gasteiger partial charge in [-0.3, -0.25) is 0 Å². The van der Waals surface area contributed by atoms with Crippen LogP contribution in [0.1, 0.15) is 25.8 Å². The van der Waals surface area contributed by atoms with Crippen LogP contribution >= 0.6 is 23.2 Å². The Morgan fingerprint density at radius 2 is 2.00 bits per heavy atom. The third kappa shape index (κ3) is 3.81. The van der Waals surface area contributed by atoms with E-state index in [1.165, 1.54) is 12.1 Å². The largest absolute Gasteiger partial charge is 0.384 e. The molecule has 0 saturated heterocycles. The maximum absolute atomic E-state index is 13.4. The van der Waals surface area contributed by atoms with Crippen molar-refractivity contribution in [1.82, 2.24) is 5.32 Å². The summed E-state index contributed by atoms with van der Waals surface area (Å²) >= 11 is 11.6. The average Bonchev–Trinajstić information content (AvgIpc) is 2.23. The highest BCUT2D eigenvalue weighted by atomic mass is 35.5. The second-order valence-electron chi connectivity index (χ2n) is 4.20. The fraction of sp³-hybridized carbons (Fsp3) is 0.500. The summed E-state index contributed by atoms with van der Waals surface area (Å²) in [6.07, 6.45) is 0.957. The molecule has 2 nitrogen and oxygen atoms in total. The zero-order valence-electron chi connectivity index (χ0n) is 9.86. The van der Waals surface area contributed by atoms with E-state index in [0.29, 0.717) is 12.1 Å². The predicted molar refractivity (Wildman–Crippen MR) is 69.2 cm³/mol. The summed E-state index contributed by atoms with van der Waals surface area (Å²) in [5.41, 5.74) is -0.887. The number of aliphatic hydroxyl groups is 1. The lowest BCUT2D eigenvalue weighted by atomic mass is 9.95. The Labute approximate surface area is 111 Å². The first-order chi connectivity index (χ1) is 7.88. The van der Waals surface area contributed by atoms with Gasteiger partial charge >= 0.3 is 0 Å². The molecular formula is C12H16Cl2FNO. The van der Waals surface area contributed by atoms with Crippen LogP contribution in [0.4, 0.5) is 4.39 Å². The van der Waals surface area contributed by atoms with Crippen LogP contribution < -0.4 is 5.32 Å². The molecule has 0 amide bonds. The van der Waals surface area contributed by atoms with Crippen LogP contribution in [0.2, 0.25) is 10.0 Å². The fourth-order valence-electron chi connectivity index (χ4n) is 1.54. The lowest BCUT2D eigenvalue weighted by molar-refractivity contribution is 0.0570. The highest BCUT2D eigenvalue weighted by Crippen LogP contribution is 2.31. The van der Waals surface area contributed by atoms with Crippen molar-refractivity contribution in [2.24, 2.45) is 0 Å². The van der Waals surface area contributed by atoms with Crippen LogP contribution in [-0.4, -0.2) is 18.2 Å². The van der Waals surface area contributed by atoms with Gasteiger partial charge in [-0.25, -0.2) is 4.39 Å². The molecule has 0 aliphatic carbocycles. The summed E-state index contributed by atoms with van der Waals surface area (Å²) in [7, 11) is 0. The molecular weight excluding hydrogens is 264 g/mol. The van der Waals surface area contributed by atoms with E-state index in [0.717, 1.165) is 13.0 Å². The van der Waals surface area contributed by atoms with Crippen LogP contribution in [0.15, 0.2) is 12.1 Å². The van der Waals surface area contributed by atoms with Crippen molar-refractivity contribution < 1.29 is 9.50 Å². The average molecular weight is 280 g/mol. The van der Waals surface area contributed by atoms with Crippen LogP contribution in [0.5, 0.6) is 0 Å². The molecule has 0 aromatic heterocycles. The van der Waals surface area contributed by atoms with Crippen molar-refractivity contribution in [2.45, 2.75) is 25.9 Å². The molecule has 17 heavy (non-hydrogen) atoms. The van der Waals surface area contributed by atoms with Gasteiger partial charge in [0.1, 0.15) is 11.4 Å². The maximum Gasteiger partial charge on any atom is 0.142 e. The Kier molecular flexibility index (Phi) is 5.20. The van der Waals surface area contributed by atoms with Crippen molar-refractivity contribution in [3.63, 3.8) is 0 Å². The van der Waals surface area contributed by atoms with Crippen LogP contribution in [0.3, 0.4) is 0 Å². The van der Waals surface area contributed by atoms with Crippen molar-refractivity contribution >= 4 is 23.2 Å². The molecule has 96 valence electrons. The van der Waals surface area contributed by atoms with Gasteiger partial charge in [0.25, 0.3) is 0 Å². The number of nitrogens with one attached hydrogen (secondary N) is 1.